The van der Waals surface area contributed by atoms with Gasteiger partial charge < -0.3 is 15.3 Å². The van der Waals surface area contributed by atoms with Crippen molar-refractivity contribution in [1.82, 2.24) is 20.3 Å². The highest BCUT2D eigenvalue weighted by Crippen LogP contribution is 2.25. The van der Waals surface area contributed by atoms with E-state index < -0.39 is 5.60 Å². The van der Waals surface area contributed by atoms with Crippen molar-refractivity contribution in [3.63, 3.8) is 0 Å². The van der Waals surface area contributed by atoms with Crippen LogP contribution >= 0.6 is 11.3 Å². The topological polar surface area (TPSA) is 91.2 Å². The highest BCUT2D eigenvalue weighted by Gasteiger charge is 2.37. The summed E-state index contributed by atoms with van der Waals surface area (Å²) >= 11 is 1.37. The molecular weight excluding hydrogens is 302 g/mol. The van der Waals surface area contributed by atoms with Gasteiger partial charge in [0, 0.05) is 36.8 Å². The van der Waals surface area contributed by atoms with Crippen molar-refractivity contribution in [2.75, 3.05) is 24.5 Å². The van der Waals surface area contributed by atoms with Crippen molar-refractivity contribution in [3.8, 4) is 0 Å². The first-order valence-electron chi connectivity index (χ1n) is 6.98. The fraction of sp³-hybridized carbons (Fsp3) is 0.429. The minimum atomic E-state index is -0.954. The molecule has 22 heavy (non-hydrogen) atoms. The molecule has 1 amide bonds. The van der Waals surface area contributed by atoms with Crippen LogP contribution in [-0.4, -0.2) is 51.2 Å². The second-order valence-electron chi connectivity index (χ2n) is 5.47. The summed E-state index contributed by atoms with van der Waals surface area (Å²) in [6.07, 6.45) is 2.10. The Morgan fingerprint density at radius 3 is 3.09 bits per heavy atom. The predicted molar refractivity (Wildman–Crippen MR) is 83.0 cm³/mol. The van der Waals surface area contributed by atoms with Crippen molar-refractivity contribution in [2.24, 2.45) is 0 Å². The van der Waals surface area contributed by atoms with Crippen LogP contribution in [0.15, 0.2) is 23.3 Å². The number of carbonyl (C=O) groups excluding carboxylic acids is 1. The fourth-order valence-electron chi connectivity index (χ4n) is 2.47. The predicted octanol–water partition coefficient (Wildman–Crippen LogP) is 0.613. The summed E-state index contributed by atoms with van der Waals surface area (Å²) in [5.41, 5.74) is 1.93. The largest absolute Gasteiger partial charge is 0.386 e. The van der Waals surface area contributed by atoms with Gasteiger partial charge in [0.25, 0.3) is 5.91 Å². The molecule has 2 N–H and O–H groups in total. The van der Waals surface area contributed by atoms with Crippen LogP contribution in [0.25, 0.3) is 0 Å². The Labute approximate surface area is 132 Å². The molecular formula is C14H17N5O2S. The lowest BCUT2D eigenvalue weighted by molar-refractivity contribution is 0.0574. The minimum absolute atomic E-state index is 0.198. The number of aliphatic hydroxyl groups is 1. The maximum atomic E-state index is 11.9. The van der Waals surface area contributed by atoms with Crippen LogP contribution in [0, 0.1) is 6.92 Å². The molecule has 0 aromatic carbocycles. The number of amides is 1. The van der Waals surface area contributed by atoms with Crippen LogP contribution in [0.3, 0.4) is 0 Å². The smallest absolute Gasteiger partial charge is 0.270 e. The van der Waals surface area contributed by atoms with Gasteiger partial charge >= 0.3 is 0 Å². The second kappa shape index (κ2) is 5.98. The number of nitrogens with zero attached hydrogens (tertiary/aromatic N) is 4. The number of carbonyl (C=O) groups is 1. The van der Waals surface area contributed by atoms with Crippen LogP contribution in [0.2, 0.25) is 0 Å². The number of aromatic nitrogens is 3. The van der Waals surface area contributed by atoms with Crippen molar-refractivity contribution in [1.29, 1.82) is 0 Å². The van der Waals surface area contributed by atoms with Gasteiger partial charge in [-0.15, -0.1) is 11.3 Å². The first kappa shape index (κ1) is 14.9. The van der Waals surface area contributed by atoms with E-state index in [1.54, 1.807) is 10.9 Å². The maximum Gasteiger partial charge on any atom is 0.270 e. The molecule has 0 radical (unpaired) electrons. The van der Waals surface area contributed by atoms with Gasteiger partial charge in [0.05, 0.1) is 5.51 Å². The molecule has 1 fully saturated rings. The van der Waals surface area contributed by atoms with Gasteiger partial charge in [-0.05, 0) is 13.3 Å². The molecule has 0 aliphatic carbocycles. The molecule has 0 spiro atoms. The van der Waals surface area contributed by atoms with E-state index >= 15 is 0 Å². The maximum absolute atomic E-state index is 11.9. The van der Waals surface area contributed by atoms with Gasteiger partial charge in [0.15, 0.2) is 0 Å². The van der Waals surface area contributed by atoms with Crippen LogP contribution in [-0.2, 0) is 0 Å². The molecule has 8 heteroatoms. The molecule has 2 aromatic heterocycles. The van der Waals surface area contributed by atoms with E-state index in [4.69, 9.17) is 0 Å². The van der Waals surface area contributed by atoms with Crippen LogP contribution < -0.4 is 10.2 Å². The van der Waals surface area contributed by atoms with Gasteiger partial charge in [-0.1, -0.05) is 0 Å². The van der Waals surface area contributed by atoms with Gasteiger partial charge in [0.2, 0.25) is 0 Å². The molecule has 1 aliphatic rings. The Kier molecular flexibility index (Phi) is 4.04. The normalized spacial score (nSPS) is 21.1. The number of hydrogen-bond acceptors (Lipinski definition) is 7. The van der Waals surface area contributed by atoms with Gasteiger partial charge in [-0.2, -0.15) is 0 Å². The molecule has 2 aromatic rings. The molecule has 116 valence electrons. The lowest BCUT2D eigenvalue weighted by atomic mass is 10.0. The lowest BCUT2D eigenvalue weighted by Crippen LogP contribution is -2.45. The molecule has 1 saturated heterocycles. The van der Waals surface area contributed by atoms with Crippen molar-refractivity contribution in [3.05, 3.63) is 34.7 Å². The SMILES string of the molecule is Cc1cc(N2CC[C@@](O)(CNC(=O)c3cscn3)C2)ncn1. The van der Waals surface area contributed by atoms with Crippen LogP contribution in [0.1, 0.15) is 22.6 Å². The number of rotatable bonds is 4. The van der Waals surface area contributed by atoms with Crippen molar-refractivity contribution in [2.45, 2.75) is 18.9 Å². The molecule has 0 bridgehead atoms. The van der Waals surface area contributed by atoms with E-state index in [2.05, 4.69) is 20.3 Å². The third-order valence-corrected chi connectivity index (χ3v) is 4.28. The summed E-state index contributed by atoms with van der Waals surface area (Å²) in [5.74, 6) is 0.542. The highest BCUT2D eigenvalue weighted by atomic mass is 32.1. The Hall–Kier alpha value is -2.06. The molecule has 0 unspecified atom stereocenters. The van der Waals surface area contributed by atoms with E-state index in [1.165, 1.54) is 17.7 Å². The Balaban J connectivity index is 1.60. The summed E-state index contributed by atoms with van der Waals surface area (Å²) < 4.78 is 0. The number of anilines is 1. The first-order valence-corrected chi connectivity index (χ1v) is 7.92. The number of hydrogen-bond donors (Lipinski definition) is 2. The molecule has 1 atom stereocenters. The summed E-state index contributed by atoms with van der Waals surface area (Å²) in [4.78, 5) is 26.1. The molecule has 3 heterocycles. The summed E-state index contributed by atoms with van der Waals surface area (Å²) in [7, 11) is 0. The zero-order valence-electron chi connectivity index (χ0n) is 12.2. The Morgan fingerprint density at radius 1 is 1.50 bits per heavy atom. The Morgan fingerprint density at radius 2 is 2.36 bits per heavy atom. The van der Waals surface area contributed by atoms with Gasteiger partial charge in [-0.3, -0.25) is 4.79 Å². The fourth-order valence-corrected chi connectivity index (χ4v) is 3.00. The van der Waals surface area contributed by atoms with E-state index in [0.717, 1.165) is 11.5 Å². The van der Waals surface area contributed by atoms with Crippen molar-refractivity contribution < 1.29 is 9.90 Å². The number of thiazole rings is 1. The summed E-state index contributed by atoms with van der Waals surface area (Å²) in [6.45, 7) is 3.23. The average molecular weight is 319 g/mol. The third-order valence-electron chi connectivity index (χ3n) is 3.69. The Bertz CT molecular complexity index is 663. The summed E-state index contributed by atoms with van der Waals surface area (Å²) in [5, 5.41) is 15.1. The molecule has 3 rings (SSSR count). The second-order valence-corrected chi connectivity index (χ2v) is 6.19. The standard InChI is InChI=1S/C14H17N5O2S/c1-10-4-12(17-8-16-10)19-3-2-14(21,7-19)6-15-13(20)11-5-22-9-18-11/h4-5,8-9,21H,2-3,6-7H2,1H3,(H,15,20)/t14-/m1/s1. The monoisotopic (exact) mass is 319 g/mol. The van der Waals surface area contributed by atoms with Gasteiger partial charge in [0.1, 0.15) is 23.4 Å². The highest BCUT2D eigenvalue weighted by molar-refractivity contribution is 7.07. The van der Waals surface area contributed by atoms with E-state index in [1.807, 2.05) is 17.9 Å². The quantitative estimate of drug-likeness (QED) is 0.858. The van der Waals surface area contributed by atoms with E-state index in [-0.39, 0.29) is 12.5 Å². The zero-order chi connectivity index (χ0) is 15.6. The van der Waals surface area contributed by atoms with Crippen LogP contribution in [0.5, 0.6) is 0 Å². The van der Waals surface area contributed by atoms with Crippen molar-refractivity contribution >= 4 is 23.1 Å². The van der Waals surface area contributed by atoms with Crippen LogP contribution in [0.4, 0.5) is 5.82 Å². The third kappa shape index (κ3) is 3.23. The number of β-amino-alcohol motifs (C(OH)–C–C–N with tert-alkyl or cyclic N) is 1. The molecule has 7 nitrogen and oxygen atoms in total. The van der Waals surface area contributed by atoms with Gasteiger partial charge in [-0.25, -0.2) is 15.0 Å². The number of nitrogens with one attached hydrogen (secondary N) is 1. The summed E-state index contributed by atoms with van der Waals surface area (Å²) in [6, 6.07) is 1.89. The lowest BCUT2D eigenvalue weighted by Gasteiger charge is -2.24. The molecule has 0 saturated carbocycles. The molecule has 1 aliphatic heterocycles. The average Bonchev–Trinajstić information content (AvgIpc) is 3.15. The zero-order valence-corrected chi connectivity index (χ0v) is 13.0. The van der Waals surface area contributed by atoms with E-state index in [0.29, 0.717) is 25.2 Å². The first-order chi connectivity index (χ1) is 10.6. The van der Waals surface area contributed by atoms with E-state index in [9.17, 15) is 9.90 Å². The minimum Gasteiger partial charge on any atom is -0.386 e. The number of aryl methyl sites for hydroxylation is 1.